The molecule has 0 heterocycles. The lowest BCUT2D eigenvalue weighted by Crippen LogP contribution is -2.21. The van der Waals surface area contributed by atoms with E-state index in [4.69, 9.17) is 26.3 Å². The van der Waals surface area contributed by atoms with Gasteiger partial charge in [0, 0.05) is 10.6 Å². The lowest BCUT2D eigenvalue weighted by atomic mass is 10.2. The summed E-state index contributed by atoms with van der Waals surface area (Å²) in [4.78, 5) is 22.9. The van der Waals surface area contributed by atoms with Gasteiger partial charge in [0.2, 0.25) is 0 Å². The third-order valence-corrected chi connectivity index (χ3v) is 3.37. The third kappa shape index (κ3) is 4.96. The average Bonchev–Trinajstić information content (AvgIpc) is 2.61. The van der Waals surface area contributed by atoms with Crippen LogP contribution in [0.5, 0.6) is 11.5 Å². The summed E-state index contributed by atoms with van der Waals surface area (Å²) in [5.74, 6) is 0.259. The number of hydrogen-bond donors (Lipinski definition) is 1. The molecule has 2 aromatic carbocycles. The van der Waals surface area contributed by atoms with Crippen molar-refractivity contribution in [2.75, 3.05) is 18.5 Å². The SMILES string of the molecule is CCOc1cc(C=O)ccc1OCC(=O)Nc1cc(Cl)ccc1C#N. The molecule has 0 aliphatic carbocycles. The second-order valence-electron chi connectivity index (χ2n) is 4.90. The Morgan fingerprint density at radius 1 is 1.24 bits per heavy atom. The Balaban J connectivity index is 2.07. The first-order valence-corrected chi connectivity index (χ1v) is 7.79. The lowest BCUT2D eigenvalue weighted by Gasteiger charge is -2.13. The zero-order chi connectivity index (χ0) is 18.2. The molecule has 0 radical (unpaired) electrons. The molecule has 0 aliphatic heterocycles. The van der Waals surface area contributed by atoms with Gasteiger partial charge in [-0.3, -0.25) is 9.59 Å². The largest absolute Gasteiger partial charge is 0.490 e. The van der Waals surface area contributed by atoms with Gasteiger partial charge in [-0.05, 0) is 43.3 Å². The van der Waals surface area contributed by atoms with Crippen LogP contribution < -0.4 is 14.8 Å². The molecule has 128 valence electrons. The molecule has 25 heavy (non-hydrogen) atoms. The molecule has 0 spiro atoms. The molecule has 0 saturated heterocycles. The maximum atomic E-state index is 12.1. The van der Waals surface area contributed by atoms with Gasteiger partial charge in [-0.2, -0.15) is 5.26 Å². The predicted octanol–water partition coefficient (Wildman–Crippen LogP) is 3.44. The molecule has 0 aliphatic rings. The third-order valence-electron chi connectivity index (χ3n) is 3.14. The van der Waals surface area contributed by atoms with Gasteiger partial charge in [-0.15, -0.1) is 0 Å². The van der Waals surface area contributed by atoms with E-state index < -0.39 is 5.91 Å². The molecule has 2 aromatic rings. The molecular weight excluding hydrogens is 344 g/mol. The number of carbonyl (C=O) groups is 2. The second-order valence-corrected chi connectivity index (χ2v) is 5.33. The van der Waals surface area contributed by atoms with E-state index in [1.165, 1.54) is 18.2 Å². The number of hydrogen-bond acceptors (Lipinski definition) is 5. The lowest BCUT2D eigenvalue weighted by molar-refractivity contribution is -0.118. The minimum absolute atomic E-state index is 0.294. The van der Waals surface area contributed by atoms with Crippen LogP contribution in [0, 0.1) is 11.3 Å². The summed E-state index contributed by atoms with van der Waals surface area (Å²) in [6.45, 7) is 1.89. The standard InChI is InChI=1S/C18H15ClN2O4/c1-2-24-17-7-12(10-22)3-6-16(17)25-11-18(23)21-15-8-14(19)5-4-13(15)9-20/h3-8,10H,2,11H2,1H3,(H,21,23). The van der Waals surface area contributed by atoms with Crippen molar-refractivity contribution in [2.24, 2.45) is 0 Å². The van der Waals surface area contributed by atoms with E-state index in [9.17, 15) is 9.59 Å². The molecule has 0 unspecified atom stereocenters. The Kier molecular flexibility index (Phi) is 6.38. The first-order valence-electron chi connectivity index (χ1n) is 7.41. The summed E-state index contributed by atoms with van der Waals surface area (Å²) in [6, 6.07) is 11.2. The van der Waals surface area contributed by atoms with E-state index in [0.29, 0.717) is 46.2 Å². The monoisotopic (exact) mass is 358 g/mol. The van der Waals surface area contributed by atoms with Crippen LogP contribution in [0.15, 0.2) is 36.4 Å². The van der Waals surface area contributed by atoms with Crippen molar-refractivity contribution in [2.45, 2.75) is 6.92 Å². The number of aldehydes is 1. The number of nitrogens with zero attached hydrogens (tertiary/aromatic N) is 1. The number of nitriles is 1. The van der Waals surface area contributed by atoms with E-state index in [1.54, 1.807) is 25.1 Å². The highest BCUT2D eigenvalue weighted by molar-refractivity contribution is 6.31. The first kappa shape index (κ1) is 18.3. The summed E-state index contributed by atoms with van der Waals surface area (Å²) in [5.41, 5.74) is 1.05. The predicted molar refractivity (Wildman–Crippen MR) is 93.3 cm³/mol. The minimum Gasteiger partial charge on any atom is -0.490 e. The molecule has 7 heteroatoms. The molecular formula is C18H15ClN2O4. The molecule has 0 aromatic heterocycles. The van der Waals surface area contributed by atoms with Crippen LogP contribution in [0.3, 0.4) is 0 Å². The van der Waals surface area contributed by atoms with Crippen LogP contribution in [0.4, 0.5) is 5.69 Å². The summed E-state index contributed by atoms with van der Waals surface area (Å²) >= 11 is 5.88. The Hall–Kier alpha value is -3.04. The molecule has 6 nitrogen and oxygen atoms in total. The molecule has 1 N–H and O–H groups in total. The van der Waals surface area contributed by atoms with Crippen LogP contribution in [0.25, 0.3) is 0 Å². The second kappa shape index (κ2) is 8.71. The van der Waals surface area contributed by atoms with Gasteiger partial charge in [0.05, 0.1) is 17.9 Å². The van der Waals surface area contributed by atoms with Gasteiger partial charge in [-0.25, -0.2) is 0 Å². The van der Waals surface area contributed by atoms with Crippen molar-refractivity contribution in [3.8, 4) is 17.6 Å². The summed E-state index contributed by atoms with van der Waals surface area (Å²) in [7, 11) is 0. The van der Waals surface area contributed by atoms with Crippen molar-refractivity contribution in [3.63, 3.8) is 0 Å². The number of halogens is 1. The highest BCUT2D eigenvalue weighted by Gasteiger charge is 2.11. The van der Waals surface area contributed by atoms with E-state index >= 15 is 0 Å². The first-order chi connectivity index (χ1) is 12.1. The van der Waals surface area contributed by atoms with Gasteiger partial charge in [0.1, 0.15) is 12.4 Å². The Labute approximate surface area is 149 Å². The number of benzene rings is 2. The average molecular weight is 359 g/mol. The fourth-order valence-corrected chi connectivity index (χ4v) is 2.20. The molecule has 0 atom stereocenters. The normalized spacial score (nSPS) is 9.80. The van der Waals surface area contributed by atoms with E-state index in [0.717, 1.165) is 0 Å². The molecule has 2 rings (SSSR count). The number of ether oxygens (including phenoxy) is 2. The Morgan fingerprint density at radius 2 is 2.04 bits per heavy atom. The van der Waals surface area contributed by atoms with Crippen molar-refractivity contribution in [1.29, 1.82) is 5.26 Å². The number of amides is 1. The number of carbonyl (C=O) groups excluding carboxylic acids is 2. The minimum atomic E-state index is -0.458. The number of nitrogens with one attached hydrogen (secondary N) is 1. The van der Waals surface area contributed by atoms with E-state index in [-0.39, 0.29) is 6.61 Å². The van der Waals surface area contributed by atoms with Crippen LogP contribution in [-0.4, -0.2) is 25.4 Å². The van der Waals surface area contributed by atoms with Gasteiger partial charge < -0.3 is 14.8 Å². The summed E-state index contributed by atoms with van der Waals surface area (Å²) in [6.07, 6.45) is 0.696. The fraction of sp³-hybridized carbons (Fsp3) is 0.167. The fourth-order valence-electron chi connectivity index (χ4n) is 2.03. The van der Waals surface area contributed by atoms with Gasteiger partial charge in [0.25, 0.3) is 5.91 Å². The highest BCUT2D eigenvalue weighted by Crippen LogP contribution is 2.28. The quantitative estimate of drug-likeness (QED) is 0.766. The smallest absolute Gasteiger partial charge is 0.262 e. The van der Waals surface area contributed by atoms with E-state index in [2.05, 4.69) is 5.32 Å². The molecule has 1 amide bonds. The van der Waals surface area contributed by atoms with E-state index in [1.807, 2.05) is 6.07 Å². The maximum absolute atomic E-state index is 12.1. The van der Waals surface area contributed by atoms with Gasteiger partial charge in [-0.1, -0.05) is 11.6 Å². The van der Waals surface area contributed by atoms with Crippen molar-refractivity contribution in [1.82, 2.24) is 0 Å². The maximum Gasteiger partial charge on any atom is 0.262 e. The number of anilines is 1. The summed E-state index contributed by atoms with van der Waals surface area (Å²) in [5, 5.41) is 12.0. The Bertz CT molecular complexity index is 830. The van der Waals surface area contributed by atoms with Crippen molar-refractivity contribution < 1.29 is 19.1 Å². The Morgan fingerprint density at radius 3 is 2.72 bits per heavy atom. The highest BCUT2D eigenvalue weighted by atomic mass is 35.5. The van der Waals surface area contributed by atoms with Gasteiger partial charge >= 0.3 is 0 Å². The zero-order valence-corrected chi connectivity index (χ0v) is 14.2. The molecule has 0 saturated carbocycles. The van der Waals surface area contributed by atoms with Crippen LogP contribution >= 0.6 is 11.6 Å². The van der Waals surface area contributed by atoms with Gasteiger partial charge in [0.15, 0.2) is 18.1 Å². The van der Waals surface area contributed by atoms with Crippen LogP contribution in [-0.2, 0) is 4.79 Å². The zero-order valence-electron chi connectivity index (χ0n) is 13.4. The molecule has 0 bridgehead atoms. The van der Waals surface area contributed by atoms with Crippen LogP contribution in [0.1, 0.15) is 22.8 Å². The van der Waals surface area contributed by atoms with Crippen LogP contribution in [0.2, 0.25) is 5.02 Å². The molecule has 0 fully saturated rings. The summed E-state index contributed by atoms with van der Waals surface area (Å²) < 4.78 is 10.9. The topological polar surface area (TPSA) is 88.4 Å². The van der Waals surface area contributed by atoms with Crippen molar-refractivity contribution >= 4 is 29.5 Å². The number of rotatable bonds is 7. The van der Waals surface area contributed by atoms with Crippen molar-refractivity contribution in [3.05, 3.63) is 52.5 Å².